The first kappa shape index (κ1) is 33.2. The van der Waals surface area contributed by atoms with Crippen LogP contribution in [0.25, 0.3) is 86.6 Å². The first-order chi connectivity index (χ1) is 28.3. The van der Waals surface area contributed by atoms with Crippen molar-refractivity contribution in [2.45, 2.75) is 0 Å². The lowest BCUT2D eigenvalue weighted by atomic mass is 9.87. The summed E-state index contributed by atoms with van der Waals surface area (Å²) in [6.07, 6.45) is 0. The van der Waals surface area contributed by atoms with E-state index in [1.54, 1.807) is 0 Å². The molecule has 0 aliphatic heterocycles. The van der Waals surface area contributed by atoms with Crippen LogP contribution in [0.15, 0.2) is 217 Å². The quantitative estimate of drug-likeness (QED) is 0.162. The number of hydrogen-bond donors (Lipinski definition) is 0. The van der Waals surface area contributed by atoms with Crippen molar-refractivity contribution in [3.8, 4) is 44.5 Å². The first-order valence-corrected chi connectivity index (χ1v) is 20.1. The summed E-state index contributed by atoms with van der Waals surface area (Å²) in [5.41, 5.74) is 14.5. The highest BCUT2D eigenvalue weighted by Crippen LogP contribution is 2.49. The molecule has 0 aliphatic carbocycles. The van der Waals surface area contributed by atoms with Gasteiger partial charge in [0.1, 0.15) is 11.2 Å². The third kappa shape index (κ3) is 5.80. The molecule has 2 aromatic heterocycles. The van der Waals surface area contributed by atoms with Crippen LogP contribution in [0.3, 0.4) is 0 Å². The molecule has 0 N–H and O–H groups in total. The van der Waals surface area contributed by atoms with Gasteiger partial charge in [0.15, 0.2) is 0 Å². The van der Waals surface area contributed by atoms with Crippen LogP contribution in [0.1, 0.15) is 0 Å². The summed E-state index contributed by atoms with van der Waals surface area (Å²) in [7, 11) is 0. The minimum atomic E-state index is 0.903. The Hall–Kier alpha value is -7.20. The van der Waals surface area contributed by atoms with E-state index < -0.39 is 0 Å². The molecule has 0 atom stereocenters. The minimum Gasteiger partial charge on any atom is -0.456 e. The molecule has 2 nitrogen and oxygen atoms in total. The fraction of sp³-hybridized carbons (Fsp3) is 0. The molecule has 0 saturated carbocycles. The fourth-order valence-electron chi connectivity index (χ4n) is 8.43. The zero-order chi connectivity index (χ0) is 37.7. The van der Waals surface area contributed by atoms with E-state index in [1.807, 2.05) is 23.5 Å². The highest BCUT2D eigenvalue weighted by Gasteiger charge is 2.23. The highest BCUT2D eigenvalue weighted by atomic mass is 32.1. The van der Waals surface area contributed by atoms with Crippen LogP contribution in [0.5, 0.6) is 0 Å². The van der Waals surface area contributed by atoms with Crippen LogP contribution in [0.4, 0.5) is 17.1 Å². The van der Waals surface area contributed by atoms with Gasteiger partial charge in [-0.2, -0.15) is 0 Å². The lowest BCUT2D eigenvalue weighted by Gasteiger charge is -2.30. The second-order valence-corrected chi connectivity index (χ2v) is 15.5. The van der Waals surface area contributed by atoms with Crippen molar-refractivity contribution in [2.24, 2.45) is 0 Å². The molecular weight excluding hydrogens is 711 g/mol. The molecule has 11 rings (SSSR count). The monoisotopic (exact) mass is 745 g/mol. The zero-order valence-corrected chi connectivity index (χ0v) is 31.8. The number of furan rings is 1. The van der Waals surface area contributed by atoms with E-state index in [2.05, 4.69) is 205 Å². The first-order valence-electron chi connectivity index (χ1n) is 19.3. The highest BCUT2D eigenvalue weighted by molar-refractivity contribution is 7.25. The predicted octanol–water partition coefficient (Wildman–Crippen LogP) is 16.1. The van der Waals surface area contributed by atoms with E-state index in [0.29, 0.717) is 0 Å². The lowest BCUT2D eigenvalue weighted by molar-refractivity contribution is 0.669. The number of nitrogens with zero attached hydrogens (tertiary/aromatic N) is 1. The number of rotatable bonds is 7. The summed E-state index contributed by atoms with van der Waals surface area (Å²) in [4.78, 5) is 2.45. The summed E-state index contributed by atoms with van der Waals surface area (Å²) in [6, 6.07) is 76.6. The van der Waals surface area contributed by atoms with Gasteiger partial charge in [0.25, 0.3) is 0 Å². The Bertz CT molecular complexity index is 3230. The number of fused-ring (bicyclic) bond motifs is 6. The predicted molar refractivity (Wildman–Crippen MR) is 243 cm³/mol. The molecule has 0 bridgehead atoms. The Morgan fingerprint density at radius 3 is 1.74 bits per heavy atom. The molecule has 268 valence electrons. The van der Waals surface area contributed by atoms with Crippen molar-refractivity contribution in [1.82, 2.24) is 0 Å². The van der Waals surface area contributed by atoms with E-state index in [4.69, 9.17) is 4.42 Å². The van der Waals surface area contributed by atoms with Crippen LogP contribution in [0.2, 0.25) is 0 Å². The molecule has 0 fully saturated rings. The second kappa shape index (κ2) is 13.8. The van der Waals surface area contributed by atoms with Crippen molar-refractivity contribution in [3.63, 3.8) is 0 Å². The van der Waals surface area contributed by atoms with E-state index in [9.17, 15) is 0 Å². The van der Waals surface area contributed by atoms with Crippen molar-refractivity contribution >= 4 is 70.5 Å². The average molecular weight is 746 g/mol. The molecule has 9 aromatic carbocycles. The maximum absolute atomic E-state index is 6.16. The molecule has 2 heterocycles. The Balaban J connectivity index is 1.15. The summed E-state index contributed by atoms with van der Waals surface area (Å²) < 4.78 is 8.74. The van der Waals surface area contributed by atoms with E-state index >= 15 is 0 Å². The van der Waals surface area contributed by atoms with Gasteiger partial charge in [0, 0.05) is 47.9 Å². The Labute approximate surface area is 335 Å². The van der Waals surface area contributed by atoms with Crippen LogP contribution >= 0.6 is 11.3 Å². The minimum absolute atomic E-state index is 0.903. The van der Waals surface area contributed by atoms with Gasteiger partial charge in [-0.05, 0) is 99.6 Å². The maximum atomic E-state index is 6.16. The third-order valence-electron chi connectivity index (χ3n) is 11.1. The summed E-state index contributed by atoms with van der Waals surface area (Å²) in [5.74, 6) is 0. The van der Waals surface area contributed by atoms with Crippen LogP contribution < -0.4 is 4.90 Å². The van der Waals surface area contributed by atoms with Crippen molar-refractivity contribution in [1.29, 1.82) is 0 Å². The number of anilines is 3. The van der Waals surface area contributed by atoms with Gasteiger partial charge >= 0.3 is 0 Å². The van der Waals surface area contributed by atoms with Crippen molar-refractivity contribution in [2.75, 3.05) is 4.90 Å². The van der Waals surface area contributed by atoms with Gasteiger partial charge in [-0.1, -0.05) is 152 Å². The van der Waals surface area contributed by atoms with Crippen LogP contribution in [0, 0.1) is 0 Å². The van der Waals surface area contributed by atoms with E-state index in [0.717, 1.165) is 50.1 Å². The number of benzene rings is 9. The van der Waals surface area contributed by atoms with Gasteiger partial charge in [0.05, 0.1) is 5.69 Å². The largest absolute Gasteiger partial charge is 0.456 e. The standard InChI is InChI=1S/C54H35NOS/c1-3-14-37(15-4-1)42-18-7-8-21-46(42)54-43(38-16-5-2-6-17-38)22-13-23-49(54)55(41-31-33-53-48(35-41)45-20-10-12-25-52(45)57-53)40-29-26-36(27-30-40)39-28-32-51-47(34-39)44-19-9-11-24-50(44)56-51/h1-35H. The topological polar surface area (TPSA) is 16.4 Å². The lowest BCUT2D eigenvalue weighted by Crippen LogP contribution is -2.12. The molecule has 11 aromatic rings. The molecule has 3 heteroatoms. The molecule has 57 heavy (non-hydrogen) atoms. The molecule has 0 saturated heterocycles. The SMILES string of the molecule is c1ccc(-c2ccccc2-c2c(-c3ccccc3)cccc2N(c2ccc(-c3ccc4oc5ccccc5c4c3)cc2)c2ccc3sc4ccccc4c3c2)cc1. The van der Waals surface area contributed by atoms with Crippen molar-refractivity contribution < 1.29 is 4.42 Å². The van der Waals surface area contributed by atoms with Crippen LogP contribution in [-0.4, -0.2) is 0 Å². The zero-order valence-electron chi connectivity index (χ0n) is 31.0. The molecular formula is C54H35NOS. The number of para-hydroxylation sites is 1. The molecule has 0 aliphatic rings. The van der Waals surface area contributed by atoms with Gasteiger partial charge in [-0.15, -0.1) is 11.3 Å². The third-order valence-corrected chi connectivity index (χ3v) is 12.3. The average Bonchev–Trinajstić information content (AvgIpc) is 3.85. The Morgan fingerprint density at radius 2 is 0.930 bits per heavy atom. The molecule has 0 radical (unpaired) electrons. The summed E-state index contributed by atoms with van der Waals surface area (Å²) >= 11 is 1.85. The van der Waals surface area contributed by atoms with E-state index in [1.165, 1.54) is 53.6 Å². The van der Waals surface area contributed by atoms with Crippen molar-refractivity contribution in [3.05, 3.63) is 212 Å². The van der Waals surface area contributed by atoms with E-state index in [-0.39, 0.29) is 0 Å². The normalized spacial score (nSPS) is 11.5. The van der Waals surface area contributed by atoms with Gasteiger partial charge < -0.3 is 9.32 Å². The molecule has 0 unspecified atom stereocenters. The van der Waals surface area contributed by atoms with Gasteiger partial charge in [-0.3, -0.25) is 0 Å². The maximum Gasteiger partial charge on any atom is 0.135 e. The molecule has 0 spiro atoms. The summed E-state index contributed by atoms with van der Waals surface area (Å²) in [6.45, 7) is 0. The number of hydrogen-bond acceptors (Lipinski definition) is 3. The summed E-state index contributed by atoms with van der Waals surface area (Å²) in [5, 5.41) is 4.81. The van der Waals surface area contributed by atoms with Crippen LogP contribution in [-0.2, 0) is 0 Å². The molecule has 0 amide bonds. The fourth-order valence-corrected chi connectivity index (χ4v) is 9.51. The Kier molecular flexibility index (Phi) is 8.04. The number of thiophene rings is 1. The van der Waals surface area contributed by atoms with Gasteiger partial charge in [0.2, 0.25) is 0 Å². The van der Waals surface area contributed by atoms with Gasteiger partial charge in [-0.25, -0.2) is 0 Å². The second-order valence-electron chi connectivity index (χ2n) is 14.4. The smallest absolute Gasteiger partial charge is 0.135 e. The Morgan fingerprint density at radius 1 is 0.333 bits per heavy atom.